The quantitative estimate of drug-likeness (QED) is 0.404. The van der Waals surface area contributed by atoms with Crippen molar-refractivity contribution in [1.82, 2.24) is 0 Å². The summed E-state index contributed by atoms with van der Waals surface area (Å²) in [5.74, 6) is 3.35. The third-order valence-corrected chi connectivity index (χ3v) is 2.63. The maximum absolute atomic E-state index is 10.6. The van der Waals surface area contributed by atoms with Crippen molar-refractivity contribution in [3.05, 3.63) is 0 Å². The van der Waals surface area contributed by atoms with Gasteiger partial charge >= 0.3 is 0 Å². The van der Waals surface area contributed by atoms with E-state index in [-0.39, 0.29) is 6.61 Å². The molecule has 0 aromatic carbocycles. The lowest BCUT2D eigenvalue weighted by molar-refractivity contribution is 0.294. The van der Waals surface area contributed by atoms with Gasteiger partial charge in [-0.2, -0.15) is 16.8 Å². The zero-order valence-electron chi connectivity index (χ0n) is 8.30. The fraction of sp³-hybridized carbons (Fsp3) is 0.714. The van der Waals surface area contributed by atoms with Crippen LogP contribution >= 0.6 is 0 Å². The predicted molar refractivity (Wildman–Crippen MR) is 54.2 cm³/mol. The summed E-state index contributed by atoms with van der Waals surface area (Å²) in [7, 11) is -7.83. The molecule has 0 amide bonds. The van der Waals surface area contributed by atoms with Crippen molar-refractivity contribution in [2.45, 2.75) is 6.92 Å². The van der Waals surface area contributed by atoms with E-state index >= 15 is 0 Å². The molecule has 0 aromatic rings. The number of rotatable bonds is 5. The van der Waals surface area contributed by atoms with Crippen LogP contribution in [0.25, 0.3) is 0 Å². The van der Waals surface area contributed by atoms with E-state index in [4.69, 9.17) is 4.55 Å². The molecule has 0 spiro atoms. The smallest absolute Gasteiger partial charge is 0.266 e. The van der Waals surface area contributed by atoms with Gasteiger partial charge in [0.2, 0.25) is 0 Å². The van der Waals surface area contributed by atoms with Crippen LogP contribution in [-0.2, 0) is 24.4 Å². The van der Waals surface area contributed by atoms with Crippen molar-refractivity contribution in [3.8, 4) is 11.8 Å². The number of hydrogen-bond donors (Lipinski definition) is 1. The van der Waals surface area contributed by atoms with Crippen LogP contribution in [0.1, 0.15) is 6.92 Å². The van der Waals surface area contributed by atoms with E-state index in [1.807, 2.05) is 0 Å². The zero-order chi connectivity index (χ0) is 12.1. The summed E-state index contributed by atoms with van der Waals surface area (Å²) >= 11 is 0. The van der Waals surface area contributed by atoms with Gasteiger partial charge in [0.1, 0.15) is 0 Å². The Morgan fingerprint density at radius 3 is 2.20 bits per heavy atom. The lowest BCUT2D eigenvalue weighted by atomic mass is 10.2. The molecule has 0 saturated heterocycles. The summed E-state index contributed by atoms with van der Waals surface area (Å²) in [4.78, 5) is 0. The molecule has 88 valence electrons. The fourth-order valence-electron chi connectivity index (χ4n) is 0.796. The molecule has 6 nitrogen and oxygen atoms in total. The topological polar surface area (TPSA) is 97.7 Å². The van der Waals surface area contributed by atoms with E-state index in [0.717, 1.165) is 6.26 Å². The van der Waals surface area contributed by atoms with Gasteiger partial charge in [-0.1, -0.05) is 5.92 Å². The van der Waals surface area contributed by atoms with E-state index in [1.165, 1.54) is 6.92 Å². The minimum atomic E-state index is -4.19. The summed E-state index contributed by atoms with van der Waals surface area (Å²) in [5.41, 5.74) is 0. The second-order valence-corrected chi connectivity index (χ2v) is 5.97. The maximum atomic E-state index is 10.6. The van der Waals surface area contributed by atoms with Crippen molar-refractivity contribution in [2.75, 3.05) is 18.6 Å². The van der Waals surface area contributed by atoms with Gasteiger partial charge in [-0.05, 0) is 6.92 Å². The SMILES string of the molecule is CC#CC(COS(C)(=O)=O)CS(=O)(=O)O. The van der Waals surface area contributed by atoms with Gasteiger partial charge in [0.25, 0.3) is 20.2 Å². The van der Waals surface area contributed by atoms with Crippen LogP contribution in [0.2, 0.25) is 0 Å². The largest absolute Gasteiger partial charge is 0.286 e. The molecule has 0 fully saturated rings. The molecule has 1 atom stereocenters. The molecule has 8 heteroatoms. The Kier molecular flexibility index (Phi) is 5.23. The highest BCUT2D eigenvalue weighted by Crippen LogP contribution is 2.02. The summed E-state index contributed by atoms with van der Waals surface area (Å²) in [6, 6.07) is 0. The molecule has 15 heavy (non-hydrogen) atoms. The Labute approximate surface area is 89.5 Å². The minimum Gasteiger partial charge on any atom is -0.286 e. The van der Waals surface area contributed by atoms with Crippen LogP contribution in [0.5, 0.6) is 0 Å². The van der Waals surface area contributed by atoms with Gasteiger partial charge in [-0.25, -0.2) is 0 Å². The second-order valence-electron chi connectivity index (χ2n) is 2.83. The third-order valence-electron chi connectivity index (χ3n) is 1.24. The van der Waals surface area contributed by atoms with Gasteiger partial charge in [0, 0.05) is 0 Å². The summed E-state index contributed by atoms with van der Waals surface area (Å²) in [5, 5.41) is 0. The fourth-order valence-corrected chi connectivity index (χ4v) is 1.90. The van der Waals surface area contributed by atoms with E-state index in [2.05, 4.69) is 16.0 Å². The number of hydrogen-bond acceptors (Lipinski definition) is 5. The highest BCUT2D eigenvalue weighted by atomic mass is 32.2. The Morgan fingerprint density at radius 1 is 1.33 bits per heavy atom. The first-order valence-corrected chi connectivity index (χ1v) is 7.28. The molecule has 0 radical (unpaired) electrons. The minimum absolute atomic E-state index is 0.389. The Hall–Kier alpha value is -0.620. The van der Waals surface area contributed by atoms with Gasteiger partial charge in [-0.15, -0.1) is 5.92 Å². The molecule has 0 heterocycles. The average Bonchev–Trinajstić information content (AvgIpc) is 1.96. The Morgan fingerprint density at radius 2 is 1.87 bits per heavy atom. The Balaban J connectivity index is 4.48. The van der Waals surface area contributed by atoms with Crippen molar-refractivity contribution >= 4 is 20.2 Å². The molecule has 0 aliphatic carbocycles. The molecule has 0 saturated carbocycles. The molecule has 0 aliphatic heterocycles. The Bertz CT molecular complexity index is 449. The lowest BCUT2D eigenvalue weighted by Gasteiger charge is -2.07. The summed E-state index contributed by atoms with van der Waals surface area (Å²) in [6.45, 7) is 1.08. The normalized spacial score (nSPS) is 14.1. The predicted octanol–water partition coefficient (Wildman–Crippen LogP) is -0.510. The van der Waals surface area contributed by atoms with Crippen molar-refractivity contribution in [2.24, 2.45) is 5.92 Å². The molecular formula is C7H12O6S2. The highest BCUT2D eigenvalue weighted by molar-refractivity contribution is 7.86. The maximum Gasteiger partial charge on any atom is 0.266 e. The van der Waals surface area contributed by atoms with Crippen molar-refractivity contribution < 1.29 is 25.6 Å². The monoisotopic (exact) mass is 256 g/mol. The van der Waals surface area contributed by atoms with Gasteiger partial charge < -0.3 is 0 Å². The van der Waals surface area contributed by atoms with Crippen LogP contribution in [0, 0.1) is 17.8 Å². The standard InChI is InChI=1S/C7H12O6S2/c1-3-4-7(6-15(10,11)12)5-13-14(2,8)9/h7H,5-6H2,1-2H3,(H,10,11,12). The van der Waals surface area contributed by atoms with Gasteiger partial charge in [0.05, 0.1) is 24.5 Å². The van der Waals surface area contributed by atoms with Gasteiger partial charge in [-0.3, -0.25) is 8.74 Å². The highest BCUT2D eigenvalue weighted by Gasteiger charge is 2.17. The van der Waals surface area contributed by atoms with Crippen LogP contribution in [-0.4, -0.2) is 40.0 Å². The van der Waals surface area contributed by atoms with Gasteiger partial charge in [0.15, 0.2) is 0 Å². The van der Waals surface area contributed by atoms with Crippen LogP contribution in [0.4, 0.5) is 0 Å². The van der Waals surface area contributed by atoms with Crippen LogP contribution < -0.4 is 0 Å². The van der Waals surface area contributed by atoms with Crippen molar-refractivity contribution in [3.63, 3.8) is 0 Å². The third kappa shape index (κ3) is 9.68. The molecule has 0 bridgehead atoms. The first-order chi connectivity index (χ1) is 6.64. The molecule has 1 N–H and O–H groups in total. The van der Waals surface area contributed by atoms with E-state index in [0.29, 0.717) is 0 Å². The van der Waals surface area contributed by atoms with Crippen LogP contribution in [0.3, 0.4) is 0 Å². The molecule has 0 aromatic heterocycles. The first kappa shape index (κ1) is 14.4. The summed E-state index contributed by atoms with van der Waals surface area (Å²) < 4.78 is 55.2. The van der Waals surface area contributed by atoms with E-state index in [9.17, 15) is 16.8 Å². The van der Waals surface area contributed by atoms with E-state index < -0.39 is 31.9 Å². The molecule has 0 rings (SSSR count). The zero-order valence-corrected chi connectivity index (χ0v) is 9.93. The molecule has 0 aliphatic rings. The molecule has 1 unspecified atom stereocenters. The van der Waals surface area contributed by atoms with Crippen LogP contribution in [0.15, 0.2) is 0 Å². The lowest BCUT2D eigenvalue weighted by Crippen LogP contribution is -2.20. The second kappa shape index (κ2) is 5.46. The molecular weight excluding hydrogens is 244 g/mol. The summed E-state index contributed by atoms with van der Waals surface area (Å²) in [6.07, 6.45) is 0.844. The van der Waals surface area contributed by atoms with E-state index in [1.54, 1.807) is 0 Å². The first-order valence-electron chi connectivity index (χ1n) is 3.86. The average molecular weight is 256 g/mol. The van der Waals surface area contributed by atoms with Crippen molar-refractivity contribution in [1.29, 1.82) is 0 Å².